The number of aliphatic carboxylic acids is 1. The van der Waals surface area contributed by atoms with Crippen LogP contribution in [0.5, 0.6) is 0 Å². The number of carbonyl (C=O) groups excluding carboxylic acids is 3. The largest absolute Gasteiger partial charge is 0.479 e. The third-order valence-electron chi connectivity index (χ3n) is 4.88. The van der Waals surface area contributed by atoms with Crippen LogP contribution >= 0.6 is 0 Å². The lowest BCUT2D eigenvalue weighted by molar-refractivity contribution is -0.142. The number of carbonyl (C=O) groups is 4. The zero-order valence-electron chi connectivity index (χ0n) is 20.0. The summed E-state index contributed by atoms with van der Waals surface area (Å²) in [5.74, 6) is -4.05. The molecule has 0 saturated carbocycles. The SMILES string of the molecule is CCCC(NC(=O)C(CS(C)(=O)=O)NCC)C(=O)C(O)NCC(=O)NC(C(=O)O)c1ccccc1. The lowest BCUT2D eigenvalue weighted by atomic mass is 10.1. The highest BCUT2D eigenvalue weighted by Crippen LogP contribution is 2.12. The Morgan fingerprint density at radius 2 is 1.60 bits per heavy atom. The van der Waals surface area contributed by atoms with Crippen molar-refractivity contribution < 1.29 is 37.8 Å². The molecule has 0 heterocycles. The number of rotatable bonds is 16. The molecular weight excluding hydrogens is 480 g/mol. The molecule has 1 rings (SSSR count). The van der Waals surface area contributed by atoms with Crippen LogP contribution in [0.4, 0.5) is 0 Å². The molecule has 0 bridgehead atoms. The minimum atomic E-state index is -3.49. The predicted octanol–water partition coefficient (Wildman–Crippen LogP) is -1.29. The smallest absolute Gasteiger partial charge is 0.330 e. The Hall–Kier alpha value is -2.87. The second kappa shape index (κ2) is 14.5. The van der Waals surface area contributed by atoms with Gasteiger partial charge in [0.2, 0.25) is 11.8 Å². The number of benzene rings is 1. The molecule has 0 saturated heterocycles. The van der Waals surface area contributed by atoms with E-state index in [4.69, 9.17) is 0 Å². The Bertz CT molecular complexity index is 971. The average molecular weight is 515 g/mol. The van der Waals surface area contributed by atoms with Crippen LogP contribution in [0.15, 0.2) is 30.3 Å². The molecule has 1 aromatic rings. The summed E-state index contributed by atoms with van der Waals surface area (Å²) in [6, 6.07) is 4.48. The second-order valence-corrected chi connectivity index (χ2v) is 10.2. The number of sulfone groups is 1. The fourth-order valence-electron chi connectivity index (χ4n) is 3.25. The maximum absolute atomic E-state index is 12.7. The Balaban J connectivity index is 2.77. The number of likely N-dealkylation sites (N-methyl/N-ethyl adjacent to an activating group) is 1. The number of aliphatic hydroxyl groups is 1. The van der Waals surface area contributed by atoms with E-state index in [1.807, 2.05) is 0 Å². The summed E-state index contributed by atoms with van der Waals surface area (Å²) in [7, 11) is -3.49. The van der Waals surface area contributed by atoms with Crippen LogP contribution < -0.4 is 21.3 Å². The number of carboxylic acid groups (broad SMARTS) is 1. The van der Waals surface area contributed by atoms with Crippen LogP contribution in [0, 0.1) is 0 Å². The van der Waals surface area contributed by atoms with E-state index in [1.165, 1.54) is 12.1 Å². The van der Waals surface area contributed by atoms with Gasteiger partial charge in [0.05, 0.1) is 18.3 Å². The highest BCUT2D eigenvalue weighted by molar-refractivity contribution is 7.90. The van der Waals surface area contributed by atoms with Crippen molar-refractivity contribution in [3.8, 4) is 0 Å². The zero-order chi connectivity index (χ0) is 26.6. The molecule has 6 N–H and O–H groups in total. The minimum Gasteiger partial charge on any atom is -0.479 e. The van der Waals surface area contributed by atoms with E-state index in [2.05, 4.69) is 21.3 Å². The van der Waals surface area contributed by atoms with Gasteiger partial charge in [-0.15, -0.1) is 0 Å². The standard InChI is InChI=1S/C22H34N4O8S/c1-4-9-15(25-20(29)16(23-5-2)13-35(3,33)34)19(28)21(30)24-12-17(27)26-18(22(31)32)14-10-7-6-8-11-14/h6-8,10-11,15-16,18,21,23-24,30H,4-5,9,12-13H2,1-3H3,(H,25,29)(H,26,27)(H,31,32). The molecule has 0 radical (unpaired) electrons. The van der Waals surface area contributed by atoms with Crippen LogP contribution in [0.1, 0.15) is 38.3 Å². The van der Waals surface area contributed by atoms with Crippen molar-refractivity contribution in [3.05, 3.63) is 35.9 Å². The molecule has 4 unspecified atom stereocenters. The molecule has 0 fully saturated rings. The monoisotopic (exact) mass is 514 g/mol. The zero-order valence-corrected chi connectivity index (χ0v) is 20.8. The van der Waals surface area contributed by atoms with Gasteiger partial charge in [-0.3, -0.25) is 19.7 Å². The Morgan fingerprint density at radius 3 is 2.11 bits per heavy atom. The van der Waals surface area contributed by atoms with Gasteiger partial charge in [0.1, 0.15) is 15.9 Å². The van der Waals surface area contributed by atoms with E-state index in [1.54, 1.807) is 32.0 Å². The van der Waals surface area contributed by atoms with E-state index < -0.39 is 70.1 Å². The number of amides is 2. The van der Waals surface area contributed by atoms with Crippen LogP contribution in [0.2, 0.25) is 0 Å². The van der Waals surface area contributed by atoms with Crippen molar-refractivity contribution in [1.82, 2.24) is 21.3 Å². The predicted molar refractivity (Wildman–Crippen MR) is 128 cm³/mol. The Labute approximate surface area is 204 Å². The lowest BCUT2D eigenvalue weighted by Crippen LogP contribution is -2.56. The summed E-state index contributed by atoms with van der Waals surface area (Å²) in [6.45, 7) is 3.21. The van der Waals surface area contributed by atoms with Crippen molar-refractivity contribution in [2.45, 2.75) is 51.0 Å². The maximum atomic E-state index is 12.7. The van der Waals surface area contributed by atoms with Gasteiger partial charge in [0, 0.05) is 6.26 Å². The molecule has 0 aliphatic heterocycles. The fraction of sp³-hybridized carbons (Fsp3) is 0.545. The summed E-state index contributed by atoms with van der Waals surface area (Å²) in [6.07, 6.45) is -0.197. The molecule has 0 aliphatic rings. The number of ketones is 1. The molecule has 35 heavy (non-hydrogen) atoms. The van der Waals surface area contributed by atoms with Crippen molar-refractivity contribution in [1.29, 1.82) is 0 Å². The van der Waals surface area contributed by atoms with Gasteiger partial charge in [-0.25, -0.2) is 13.2 Å². The van der Waals surface area contributed by atoms with Crippen LogP contribution in [0.3, 0.4) is 0 Å². The van der Waals surface area contributed by atoms with Crippen molar-refractivity contribution in [2.75, 3.05) is 25.1 Å². The summed E-state index contributed by atoms with van der Waals surface area (Å²) < 4.78 is 23.2. The van der Waals surface area contributed by atoms with Crippen molar-refractivity contribution in [3.63, 3.8) is 0 Å². The van der Waals surface area contributed by atoms with E-state index >= 15 is 0 Å². The molecule has 0 aromatic heterocycles. The van der Waals surface area contributed by atoms with Crippen LogP contribution in [-0.2, 0) is 29.0 Å². The summed E-state index contributed by atoms with van der Waals surface area (Å²) in [5, 5.41) is 29.5. The fourth-order valence-corrected chi connectivity index (χ4v) is 4.12. The molecule has 13 heteroatoms. The summed E-state index contributed by atoms with van der Waals surface area (Å²) in [5.41, 5.74) is 0.347. The van der Waals surface area contributed by atoms with Gasteiger partial charge in [-0.1, -0.05) is 50.6 Å². The first kappa shape index (κ1) is 30.2. The normalized spacial score (nSPS) is 14.9. The second-order valence-electron chi connectivity index (χ2n) is 7.99. The first-order chi connectivity index (χ1) is 16.4. The number of nitrogens with one attached hydrogen (secondary N) is 4. The van der Waals surface area contributed by atoms with Crippen molar-refractivity contribution in [2.24, 2.45) is 0 Å². The Kier molecular flexibility index (Phi) is 12.5. The third-order valence-corrected chi connectivity index (χ3v) is 5.82. The lowest BCUT2D eigenvalue weighted by Gasteiger charge is -2.24. The molecular formula is C22H34N4O8S. The Morgan fingerprint density at radius 1 is 0.971 bits per heavy atom. The van der Waals surface area contributed by atoms with Gasteiger partial charge in [-0.2, -0.15) is 0 Å². The van der Waals surface area contributed by atoms with E-state index in [0.717, 1.165) is 6.26 Å². The summed E-state index contributed by atoms with van der Waals surface area (Å²) >= 11 is 0. The van der Waals surface area contributed by atoms with Gasteiger partial charge in [-0.05, 0) is 18.5 Å². The van der Waals surface area contributed by atoms with Crippen molar-refractivity contribution >= 4 is 33.4 Å². The van der Waals surface area contributed by atoms with Gasteiger partial charge in [0.25, 0.3) is 0 Å². The number of aliphatic hydroxyl groups excluding tert-OH is 1. The topological polar surface area (TPSA) is 191 Å². The molecule has 1 aromatic carbocycles. The molecule has 2 amide bonds. The minimum absolute atomic E-state index is 0.169. The molecule has 12 nitrogen and oxygen atoms in total. The van der Waals surface area contributed by atoms with Gasteiger partial charge < -0.3 is 26.2 Å². The van der Waals surface area contributed by atoms with E-state index in [9.17, 15) is 37.8 Å². The number of hydrogen-bond donors (Lipinski definition) is 6. The highest BCUT2D eigenvalue weighted by atomic mass is 32.2. The summed E-state index contributed by atoms with van der Waals surface area (Å²) in [4.78, 5) is 49.0. The maximum Gasteiger partial charge on any atom is 0.330 e. The quantitative estimate of drug-likeness (QED) is 0.145. The highest BCUT2D eigenvalue weighted by Gasteiger charge is 2.30. The van der Waals surface area contributed by atoms with E-state index in [0.29, 0.717) is 18.5 Å². The number of carboxylic acids is 1. The molecule has 0 aliphatic carbocycles. The number of Topliss-reactive ketones (excluding diaryl/α,β-unsaturated/α-hetero) is 1. The molecule has 4 atom stereocenters. The average Bonchev–Trinajstić information content (AvgIpc) is 2.79. The molecule has 196 valence electrons. The van der Waals surface area contributed by atoms with Gasteiger partial charge in [0.15, 0.2) is 18.1 Å². The molecule has 0 spiro atoms. The first-order valence-corrected chi connectivity index (χ1v) is 13.2. The van der Waals surface area contributed by atoms with Gasteiger partial charge >= 0.3 is 5.97 Å². The van der Waals surface area contributed by atoms with Crippen LogP contribution in [-0.4, -0.2) is 85.6 Å². The van der Waals surface area contributed by atoms with E-state index in [-0.39, 0.29) is 6.42 Å². The number of hydrogen-bond acceptors (Lipinski definition) is 9. The third kappa shape index (κ3) is 10.9. The van der Waals surface area contributed by atoms with Crippen LogP contribution in [0.25, 0.3) is 0 Å². The first-order valence-electron chi connectivity index (χ1n) is 11.1.